The SMILES string of the molecule is CCOCCOC1CCN(C(=O)C(C)CCCN)CC1. The first-order chi connectivity index (χ1) is 9.69. The Kier molecular flexibility index (Phi) is 8.82. The molecule has 0 aromatic carbocycles. The van der Waals surface area contributed by atoms with Gasteiger partial charge in [-0.25, -0.2) is 0 Å². The minimum absolute atomic E-state index is 0.0916. The third-order valence-electron chi connectivity index (χ3n) is 3.80. The van der Waals surface area contributed by atoms with Crippen LogP contribution in [0.1, 0.15) is 39.5 Å². The van der Waals surface area contributed by atoms with Gasteiger partial charge in [-0.05, 0) is 39.2 Å². The Hall–Kier alpha value is -0.650. The zero-order valence-corrected chi connectivity index (χ0v) is 13.0. The first kappa shape index (κ1) is 17.4. The predicted octanol–water partition coefficient (Wildman–Crippen LogP) is 1.41. The zero-order valence-electron chi connectivity index (χ0n) is 13.0. The highest BCUT2D eigenvalue weighted by Crippen LogP contribution is 2.17. The fourth-order valence-electron chi connectivity index (χ4n) is 2.52. The van der Waals surface area contributed by atoms with E-state index in [9.17, 15) is 4.79 Å². The van der Waals surface area contributed by atoms with Gasteiger partial charge in [0.05, 0.1) is 19.3 Å². The van der Waals surface area contributed by atoms with Gasteiger partial charge in [0.2, 0.25) is 5.91 Å². The Balaban J connectivity index is 2.19. The highest BCUT2D eigenvalue weighted by Gasteiger charge is 2.25. The van der Waals surface area contributed by atoms with Gasteiger partial charge in [-0.2, -0.15) is 0 Å². The largest absolute Gasteiger partial charge is 0.379 e. The molecule has 5 nitrogen and oxygen atoms in total. The molecule has 1 aliphatic rings. The molecule has 1 fully saturated rings. The number of hydrogen-bond donors (Lipinski definition) is 1. The molecule has 0 spiro atoms. The summed E-state index contributed by atoms with van der Waals surface area (Å²) in [5, 5.41) is 0. The van der Waals surface area contributed by atoms with Crippen molar-refractivity contribution < 1.29 is 14.3 Å². The molecule has 1 atom stereocenters. The number of piperidine rings is 1. The van der Waals surface area contributed by atoms with E-state index in [1.54, 1.807) is 0 Å². The van der Waals surface area contributed by atoms with E-state index in [0.717, 1.165) is 45.4 Å². The molecule has 0 bridgehead atoms. The van der Waals surface area contributed by atoms with Gasteiger partial charge in [-0.15, -0.1) is 0 Å². The predicted molar refractivity (Wildman–Crippen MR) is 79.5 cm³/mol. The number of hydrogen-bond acceptors (Lipinski definition) is 4. The number of amides is 1. The molecular formula is C15H30N2O3. The third kappa shape index (κ3) is 6.20. The van der Waals surface area contributed by atoms with E-state index in [1.807, 2.05) is 18.7 Å². The molecule has 0 radical (unpaired) electrons. The molecule has 118 valence electrons. The highest BCUT2D eigenvalue weighted by atomic mass is 16.5. The van der Waals surface area contributed by atoms with E-state index in [4.69, 9.17) is 15.2 Å². The lowest BCUT2D eigenvalue weighted by molar-refractivity contribution is -0.138. The van der Waals surface area contributed by atoms with Gasteiger partial charge < -0.3 is 20.1 Å². The number of nitrogens with zero attached hydrogens (tertiary/aromatic N) is 1. The van der Waals surface area contributed by atoms with Crippen molar-refractivity contribution in [1.29, 1.82) is 0 Å². The minimum Gasteiger partial charge on any atom is -0.379 e. The lowest BCUT2D eigenvalue weighted by Gasteiger charge is -2.33. The van der Waals surface area contributed by atoms with E-state index in [1.165, 1.54) is 0 Å². The van der Waals surface area contributed by atoms with E-state index in [0.29, 0.717) is 19.8 Å². The summed E-state index contributed by atoms with van der Waals surface area (Å²) in [5.41, 5.74) is 5.49. The van der Waals surface area contributed by atoms with E-state index in [2.05, 4.69) is 0 Å². The smallest absolute Gasteiger partial charge is 0.225 e. The van der Waals surface area contributed by atoms with Gasteiger partial charge in [-0.3, -0.25) is 4.79 Å². The fourth-order valence-corrected chi connectivity index (χ4v) is 2.52. The van der Waals surface area contributed by atoms with E-state index >= 15 is 0 Å². The molecule has 20 heavy (non-hydrogen) atoms. The van der Waals surface area contributed by atoms with Gasteiger partial charge in [0.15, 0.2) is 0 Å². The van der Waals surface area contributed by atoms with Gasteiger partial charge >= 0.3 is 0 Å². The van der Waals surface area contributed by atoms with Gasteiger partial charge in [0.25, 0.3) is 0 Å². The molecule has 0 aromatic heterocycles. The Bertz CT molecular complexity index is 266. The van der Waals surface area contributed by atoms with Crippen LogP contribution in [0, 0.1) is 5.92 Å². The standard InChI is InChI=1S/C15H30N2O3/c1-3-19-11-12-20-14-6-9-17(10-7-14)15(18)13(2)5-4-8-16/h13-14H,3-12,16H2,1-2H3. The third-order valence-corrected chi connectivity index (χ3v) is 3.80. The van der Waals surface area contributed by atoms with Crippen molar-refractivity contribution in [2.75, 3.05) is 39.5 Å². The maximum absolute atomic E-state index is 12.2. The molecule has 2 N–H and O–H groups in total. The lowest BCUT2D eigenvalue weighted by atomic mass is 10.0. The number of ether oxygens (including phenoxy) is 2. The molecule has 5 heteroatoms. The Morgan fingerprint density at radius 3 is 2.65 bits per heavy atom. The first-order valence-corrected chi connectivity index (χ1v) is 7.87. The lowest BCUT2D eigenvalue weighted by Crippen LogP contribution is -2.43. The van der Waals surface area contributed by atoms with Crippen molar-refractivity contribution >= 4 is 5.91 Å². The fraction of sp³-hybridized carbons (Fsp3) is 0.933. The molecule has 1 amide bonds. The van der Waals surface area contributed by atoms with Crippen LogP contribution in [0.25, 0.3) is 0 Å². The van der Waals surface area contributed by atoms with Crippen molar-refractivity contribution in [2.24, 2.45) is 11.7 Å². The monoisotopic (exact) mass is 286 g/mol. The molecule has 1 saturated heterocycles. The molecule has 1 unspecified atom stereocenters. The number of likely N-dealkylation sites (tertiary alicyclic amines) is 1. The van der Waals surface area contributed by atoms with Crippen LogP contribution in [0.15, 0.2) is 0 Å². The Labute approximate surface area is 122 Å². The second kappa shape index (κ2) is 10.1. The van der Waals surface area contributed by atoms with Crippen LogP contribution in [0.2, 0.25) is 0 Å². The quantitative estimate of drug-likeness (QED) is 0.651. The van der Waals surface area contributed by atoms with Crippen LogP contribution in [0.3, 0.4) is 0 Å². The molecule has 1 aliphatic heterocycles. The first-order valence-electron chi connectivity index (χ1n) is 7.87. The Morgan fingerprint density at radius 2 is 2.05 bits per heavy atom. The second-order valence-electron chi connectivity index (χ2n) is 5.42. The van der Waals surface area contributed by atoms with Crippen LogP contribution < -0.4 is 5.73 Å². The van der Waals surface area contributed by atoms with Crippen molar-refractivity contribution in [3.05, 3.63) is 0 Å². The molecule has 0 saturated carbocycles. The summed E-state index contributed by atoms with van der Waals surface area (Å²) in [6.07, 6.45) is 3.95. The molecular weight excluding hydrogens is 256 g/mol. The molecule has 0 aliphatic carbocycles. The van der Waals surface area contributed by atoms with Crippen LogP contribution in [0.4, 0.5) is 0 Å². The van der Waals surface area contributed by atoms with Gasteiger partial charge in [0.1, 0.15) is 0 Å². The topological polar surface area (TPSA) is 64.8 Å². The summed E-state index contributed by atoms with van der Waals surface area (Å²) in [6, 6.07) is 0. The van der Waals surface area contributed by atoms with Crippen LogP contribution in [-0.4, -0.2) is 56.4 Å². The van der Waals surface area contributed by atoms with Gasteiger partial charge in [-0.1, -0.05) is 6.92 Å². The highest BCUT2D eigenvalue weighted by molar-refractivity contribution is 5.78. The summed E-state index contributed by atoms with van der Waals surface area (Å²) in [5.74, 6) is 0.361. The average molecular weight is 286 g/mol. The van der Waals surface area contributed by atoms with Crippen LogP contribution in [-0.2, 0) is 14.3 Å². The van der Waals surface area contributed by atoms with Crippen molar-refractivity contribution in [2.45, 2.75) is 45.6 Å². The number of carbonyl (C=O) groups is 1. The molecule has 1 heterocycles. The van der Waals surface area contributed by atoms with E-state index < -0.39 is 0 Å². The summed E-state index contributed by atoms with van der Waals surface area (Å²) in [7, 11) is 0. The van der Waals surface area contributed by atoms with Crippen molar-refractivity contribution in [1.82, 2.24) is 4.90 Å². The summed E-state index contributed by atoms with van der Waals surface area (Å²) >= 11 is 0. The minimum atomic E-state index is 0.0916. The van der Waals surface area contributed by atoms with Crippen LogP contribution >= 0.6 is 0 Å². The summed E-state index contributed by atoms with van der Waals surface area (Å²) < 4.78 is 11.0. The zero-order chi connectivity index (χ0) is 14.8. The number of nitrogens with two attached hydrogens (primary N) is 1. The summed E-state index contributed by atoms with van der Waals surface area (Å²) in [4.78, 5) is 14.2. The van der Waals surface area contributed by atoms with Crippen molar-refractivity contribution in [3.8, 4) is 0 Å². The van der Waals surface area contributed by atoms with Crippen LogP contribution in [0.5, 0.6) is 0 Å². The maximum Gasteiger partial charge on any atom is 0.225 e. The molecule has 1 rings (SSSR count). The van der Waals surface area contributed by atoms with Crippen molar-refractivity contribution in [3.63, 3.8) is 0 Å². The normalized spacial score (nSPS) is 18.2. The van der Waals surface area contributed by atoms with E-state index in [-0.39, 0.29) is 17.9 Å². The Morgan fingerprint density at radius 1 is 1.35 bits per heavy atom. The number of carbonyl (C=O) groups excluding carboxylic acids is 1. The maximum atomic E-state index is 12.2. The van der Waals surface area contributed by atoms with Gasteiger partial charge in [0, 0.05) is 25.6 Å². The average Bonchev–Trinajstić information content (AvgIpc) is 2.49. The number of rotatable bonds is 9. The molecule has 0 aromatic rings. The summed E-state index contributed by atoms with van der Waals surface area (Å²) in [6.45, 7) is 8.31. The second-order valence-corrected chi connectivity index (χ2v) is 5.42.